The Morgan fingerprint density at radius 2 is 1.71 bits per heavy atom. The molecule has 2 aliphatic rings. The van der Waals surface area contributed by atoms with Gasteiger partial charge in [0, 0.05) is 31.1 Å². The molecule has 0 saturated carbocycles. The molecule has 0 radical (unpaired) electrons. The fraction of sp³-hybridized carbons (Fsp3) is 0.632. The molecular weight excluding hydrogens is 316 g/mol. The van der Waals surface area contributed by atoms with E-state index in [4.69, 9.17) is 5.73 Å². The van der Waals surface area contributed by atoms with Gasteiger partial charge in [0.25, 0.3) is 0 Å². The highest BCUT2D eigenvalue weighted by molar-refractivity contribution is 7.99. The minimum absolute atomic E-state index is 0.684. The van der Waals surface area contributed by atoms with Crippen LogP contribution in [0.15, 0.2) is 29.3 Å². The Morgan fingerprint density at radius 3 is 2.46 bits per heavy atom. The van der Waals surface area contributed by atoms with Crippen LogP contribution in [0.3, 0.4) is 0 Å². The molecule has 1 aromatic carbocycles. The molecule has 2 saturated heterocycles. The zero-order chi connectivity index (χ0) is 16.6. The molecule has 0 unspecified atom stereocenters. The van der Waals surface area contributed by atoms with Crippen molar-refractivity contribution in [3.8, 4) is 0 Å². The molecule has 2 aliphatic heterocycles. The Labute approximate surface area is 150 Å². The summed E-state index contributed by atoms with van der Waals surface area (Å²) in [6.45, 7) is 6.27. The SMILES string of the molecule is NC(=NCc1cccc(CN2CCCCCC2)c1)N1CCSCC1. The number of aliphatic imine (C=N–C) groups is 1. The van der Waals surface area contributed by atoms with E-state index in [2.05, 4.69) is 39.1 Å². The molecule has 0 atom stereocenters. The Bertz CT molecular complexity index is 532. The van der Waals surface area contributed by atoms with Crippen LogP contribution in [-0.2, 0) is 13.1 Å². The number of likely N-dealkylation sites (tertiary alicyclic amines) is 1. The Kier molecular flexibility index (Phi) is 6.85. The molecule has 0 amide bonds. The fourth-order valence-corrected chi connectivity index (χ4v) is 4.35. The van der Waals surface area contributed by atoms with Gasteiger partial charge in [0.1, 0.15) is 0 Å². The van der Waals surface area contributed by atoms with Gasteiger partial charge < -0.3 is 10.6 Å². The average molecular weight is 347 g/mol. The predicted molar refractivity (Wildman–Crippen MR) is 104 cm³/mol. The summed E-state index contributed by atoms with van der Waals surface area (Å²) in [4.78, 5) is 9.42. The topological polar surface area (TPSA) is 44.9 Å². The van der Waals surface area contributed by atoms with Crippen LogP contribution in [-0.4, -0.2) is 53.4 Å². The highest BCUT2D eigenvalue weighted by atomic mass is 32.2. The van der Waals surface area contributed by atoms with E-state index in [0.717, 1.165) is 31.1 Å². The third-order valence-corrected chi connectivity index (χ3v) is 5.80. The van der Waals surface area contributed by atoms with Crippen molar-refractivity contribution in [3.05, 3.63) is 35.4 Å². The molecule has 2 heterocycles. The maximum Gasteiger partial charge on any atom is 0.191 e. The lowest BCUT2D eigenvalue weighted by Gasteiger charge is -2.27. The van der Waals surface area contributed by atoms with Gasteiger partial charge >= 0.3 is 0 Å². The van der Waals surface area contributed by atoms with E-state index >= 15 is 0 Å². The zero-order valence-corrected chi connectivity index (χ0v) is 15.4. The highest BCUT2D eigenvalue weighted by Gasteiger charge is 2.12. The number of rotatable bonds is 4. The Hall–Kier alpha value is -1.20. The van der Waals surface area contributed by atoms with Gasteiger partial charge in [-0.3, -0.25) is 4.90 Å². The van der Waals surface area contributed by atoms with E-state index in [-0.39, 0.29) is 0 Å². The van der Waals surface area contributed by atoms with Crippen LogP contribution in [0.25, 0.3) is 0 Å². The zero-order valence-electron chi connectivity index (χ0n) is 14.6. The molecule has 0 spiro atoms. The normalized spacial score (nSPS) is 20.8. The maximum atomic E-state index is 6.16. The number of nitrogens with two attached hydrogens (primary N) is 1. The molecule has 4 nitrogen and oxygen atoms in total. The summed E-state index contributed by atoms with van der Waals surface area (Å²) in [6.07, 6.45) is 5.46. The molecule has 132 valence electrons. The first-order valence-corrected chi connectivity index (χ1v) is 10.4. The van der Waals surface area contributed by atoms with E-state index in [1.807, 2.05) is 11.8 Å². The summed E-state index contributed by atoms with van der Waals surface area (Å²) >= 11 is 1.99. The quantitative estimate of drug-likeness (QED) is 0.672. The average Bonchev–Trinajstić information content (AvgIpc) is 2.89. The standard InChI is InChI=1S/C19H30N4S/c20-19(23-10-12-24-13-11-23)21-15-17-6-5-7-18(14-17)16-22-8-3-1-2-4-9-22/h5-7,14H,1-4,8-13,15-16H2,(H2,20,21). The summed E-state index contributed by atoms with van der Waals surface area (Å²) < 4.78 is 0. The summed E-state index contributed by atoms with van der Waals surface area (Å²) in [7, 11) is 0. The van der Waals surface area contributed by atoms with Gasteiger partial charge in [0.2, 0.25) is 0 Å². The van der Waals surface area contributed by atoms with Gasteiger partial charge in [-0.05, 0) is 37.1 Å². The van der Waals surface area contributed by atoms with Crippen molar-refractivity contribution in [1.82, 2.24) is 9.80 Å². The third-order valence-electron chi connectivity index (χ3n) is 4.85. The number of hydrogen-bond donors (Lipinski definition) is 1. The van der Waals surface area contributed by atoms with Crippen molar-refractivity contribution in [2.24, 2.45) is 10.7 Å². The lowest BCUT2D eigenvalue weighted by atomic mass is 10.1. The van der Waals surface area contributed by atoms with Crippen molar-refractivity contribution in [2.45, 2.75) is 38.8 Å². The molecule has 1 aromatic rings. The summed E-state index contributed by atoms with van der Waals surface area (Å²) in [5, 5.41) is 0. The van der Waals surface area contributed by atoms with Crippen molar-refractivity contribution in [1.29, 1.82) is 0 Å². The third kappa shape index (κ3) is 5.42. The fourth-order valence-electron chi connectivity index (χ4n) is 3.44. The maximum absolute atomic E-state index is 6.16. The molecule has 0 aromatic heterocycles. The predicted octanol–water partition coefficient (Wildman–Crippen LogP) is 2.93. The highest BCUT2D eigenvalue weighted by Crippen LogP contribution is 2.15. The minimum atomic E-state index is 0.684. The Balaban J connectivity index is 1.56. The van der Waals surface area contributed by atoms with Crippen molar-refractivity contribution in [2.75, 3.05) is 37.7 Å². The monoisotopic (exact) mass is 346 g/mol. The molecule has 5 heteroatoms. The van der Waals surface area contributed by atoms with Gasteiger partial charge in [0.15, 0.2) is 5.96 Å². The number of nitrogens with zero attached hydrogens (tertiary/aromatic N) is 3. The van der Waals surface area contributed by atoms with Crippen LogP contribution < -0.4 is 5.73 Å². The second-order valence-electron chi connectivity index (χ2n) is 6.78. The smallest absolute Gasteiger partial charge is 0.191 e. The molecule has 0 aliphatic carbocycles. The van der Waals surface area contributed by atoms with Crippen LogP contribution in [0.1, 0.15) is 36.8 Å². The number of thioether (sulfide) groups is 1. The number of benzene rings is 1. The van der Waals surface area contributed by atoms with Gasteiger partial charge in [-0.25, -0.2) is 4.99 Å². The Morgan fingerprint density at radius 1 is 1.00 bits per heavy atom. The van der Waals surface area contributed by atoms with E-state index < -0.39 is 0 Å². The van der Waals surface area contributed by atoms with Crippen LogP contribution in [0.4, 0.5) is 0 Å². The summed E-state index contributed by atoms with van der Waals surface area (Å²) in [6, 6.07) is 8.86. The molecule has 2 fully saturated rings. The molecule has 0 bridgehead atoms. The number of hydrogen-bond acceptors (Lipinski definition) is 3. The first-order chi connectivity index (χ1) is 11.8. The lowest BCUT2D eigenvalue weighted by molar-refractivity contribution is 0.277. The molecule has 2 N–H and O–H groups in total. The number of guanidine groups is 1. The van der Waals surface area contributed by atoms with Crippen LogP contribution in [0.2, 0.25) is 0 Å². The second-order valence-corrected chi connectivity index (χ2v) is 8.01. The van der Waals surface area contributed by atoms with Crippen LogP contribution in [0.5, 0.6) is 0 Å². The molecule has 3 rings (SSSR count). The summed E-state index contributed by atoms with van der Waals surface area (Å²) in [5.74, 6) is 3.01. The first-order valence-electron chi connectivity index (χ1n) is 9.24. The van der Waals surface area contributed by atoms with Crippen molar-refractivity contribution in [3.63, 3.8) is 0 Å². The van der Waals surface area contributed by atoms with Crippen LogP contribution in [0, 0.1) is 0 Å². The molecule has 24 heavy (non-hydrogen) atoms. The van der Waals surface area contributed by atoms with E-state index in [0.29, 0.717) is 12.5 Å². The lowest BCUT2D eigenvalue weighted by Crippen LogP contribution is -2.42. The minimum Gasteiger partial charge on any atom is -0.370 e. The van der Waals surface area contributed by atoms with Gasteiger partial charge in [-0.15, -0.1) is 0 Å². The summed E-state index contributed by atoms with van der Waals surface area (Å²) in [5.41, 5.74) is 8.82. The van der Waals surface area contributed by atoms with E-state index in [1.165, 1.54) is 49.9 Å². The van der Waals surface area contributed by atoms with E-state index in [9.17, 15) is 0 Å². The second kappa shape index (κ2) is 9.33. The van der Waals surface area contributed by atoms with Gasteiger partial charge in [-0.2, -0.15) is 11.8 Å². The van der Waals surface area contributed by atoms with Crippen molar-refractivity contribution < 1.29 is 0 Å². The first kappa shape index (κ1) is 17.6. The van der Waals surface area contributed by atoms with Crippen LogP contribution >= 0.6 is 11.8 Å². The largest absolute Gasteiger partial charge is 0.370 e. The van der Waals surface area contributed by atoms with Crippen molar-refractivity contribution >= 4 is 17.7 Å². The molecular formula is C19H30N4S. The van der Waals surface area contributed by atoms with Gasteiger partial charge in [0.05, 0.1) is 6.54 Å². The van der Waals surface area contributed by atoms with E-state index in [1.54, 1.807) is 0 Å². The van der Waals surface area contributed by atoms with Gasteiger partial charge in [-0.1, -0.05) is 37.1 Å².